The van der Waals surface area contributed by atoms with E-state index in [0.717, 1.165) is 6.26 Å². The Hall–Kier alpha value is -0.810. The third-order valence-corrected chi connectivity index (χ3v) is 0.884. The molecular weight excluding hydrogens is 156 g/mol. The number of hydrogen-bond donors (Lipinski definition) is 1. The van der Waals surface area contributed by atoms with Crippen LogP contribution in [0.15, 0.2) is 24.5 Å². The molecule has 1 N–H and O–H groups in total. The van der Waals surface area contributed by atoms with E-state index >= 15 is 0 Å². The zero-order valence-corrected chi connectivity index (χ0v) is 6.26. The topological polar surface area (TPSA) is 63.6 Å². The Balaban J connectivity index is 3.88. The first kappa shape index (κ1) is 9.19. The minimum absolute atomic E-state index is 0.628. The Morgan fingerprint density at radius 1 is 1.70 bits per heavy atom. The van der Waals surface area contributed by atoms with Gasteiger partial charge >= 0.3 is 10.4 Å². The number of hydrogen-bond acceptors (Lipinski definition) is 3. The molecule has 4 nitrogen and oxygen atoms in total. The highest BCUT2D eigenvalue weighted by Gasteiger charge is 1.97. The van der Waals surface area contributed by atoms with Crippen LogP contribution in [-0.4, -0.2) is 13.0 Å². The Labute approximate surface area is 59.8 Å². The Kier molecular flexibility index (Phi) is 3.11. The number of allylic oxidation sites excluding steroid dienone is 2. The predicted molar refractivity (Wildman–Crippen MR) is 36.6 cm³/mol. The molecule has 0 atom stereocenters. The fourth-order valence-corrected chi connectivity index (χ4v) is 0.410. The van der Waals surface area contributed by atoms with Crippen LogP contribution in [-0.2, 0) is 14.6 Å². The van der Waals surface area contributed by atoms with E-state index in [1.807, 2.05) is 0 Å². The second-order valence-electron chi connectivity index (χ2n) is 1.67. The second kappa shape index (κ2) is 3.38. The molecule has 0 aliphatic carbocycles. The van der Waals surface area contributed by atoms with Crippen molar-refractivity contribution >= 4 is 10.4 Å². The van der Waals surface area contributed by atoms with Crippen molar-refractivity contribution in [3.8, 4) is 0 Å². The molecule has 0 radical (unpaired) electrons. The normalized spacial score (nSPS) is 11.8. The molecule has 0 aromatic rings. The molecule has 0 spiro atoms. The standard InChI is InChI=1S/C5H8O4S/c1-5(2)3-4-9-10(6,7)8/h3-4H,1H2,2H3,(H,6,7,8). The SMILES string of the molecule is C=C(C)C=COS(=O)(=O)O. The smallest absolute Gasteiger partial charge is 0.370 e. The molecule has 0 saturated carbocycles. The van der Waals surface area contributed by atoms with Crippen molar-refractivity contribution in [2.45, 2.75) is 6.92 Å². The lowest BCUT2D eigenvalue weighted by atomic mass is 10.4. The van der Waals surface area contributed by atoms with E-state index in [2.05, 4.69) is 10.8 Å². The molecule has 0 saturated heterocycles. The van der Waals surface area contributed by atoms with Crippen LogP contribution in [0.5, 0.6) is 0 Å². The van der Waals surface area contributed by atoms with Gasteiger partial charge in [0.15, 0.2) is 0 Å². The molecule has 58 valence electrons. The largest absolute Gasteiger partial charge is 0.445 e. The van der Waals surface area contributed by atoms with Gasteiger partial charge in [-0.2, -0.15) is 8.42 Å². The first-order valence-electron chi connectivity index (χ1n) is 2.39. The molecule has 0 fully saturated rings. The fraction of sp³-hybridized carbons (Fsp3) is 0.200. The predicted octanol–water partition coefficient (Wildman–Crippen LogP) is 0.896. The second-order valence-corrected chi connectivity index (χ2v) is 2.72. The maximum absolute atomic E-state index is 9.87. The molecule has 0 heterocycles. The van der Waals surface area contributed by atoms with Crippen LogP contribution in [0.3, 0.4) is 0 Å². The van der Waals surface area contributed by atoms with E-state index in [1.54, 1.807) is 6.92 Å². The van der Waals surface area contributed by atoms with Crippen molar-refractivity contribution in [1.29, 1.82) is 0 Å². The summed E-state index contributed by atoms with van der Waals surface area (Å²) in [5.41, 5.74) is 0.628. The van der Waals surface area contributed by atoms with E-state index in [-0.39, 0.29) is 0 Å². The lowest BCUT2D eigenvalue weighted by molar-refractivity contribution is 0.356. The lowest BCUT2D eigenvalue weighted by Gasteiger charge is -1.90. The Morgan fingerprint density at radius 3 is 2.50 bits per heavy atom. The Bertz CT molecular complexity index is 236. The number of rotatable bonds is 3. The minimum atomic E-state index is -4.35. The van der Waals surface area contributed by atoms with Crippen LogP contribution in [0.25, 0.3) is 0 Å². The van der Waals surface area contributed by atoms with Crippen molar-refractivity contribution in [3.05, 3.63) is 24.5 Å². The molecule has 10 heavy (non-hydrogen) atoms. The molecule has 0 aromatic heterocycles. The molecule has 0 amide bonds. The average Bonchev–Trinajstić information content (AvgIpc) is 1.59. The van der Waals surface area contributed by atoms with E-state index in [1.165, 1.54) is 6.08 Å². The molecule has 0 aliphatic heterocycles. The van der Waals surface area contributed by atoms with Crippen LogP contribution in [0.2, 0.25) is 0 Å². The maximum Gasteiger partial charge on any atom is 0.445 e. The minimum Gasteiger partial charge on any atom is -0.370 e. The van der Waals surface area contributed by atoms with Gasteiger partial charge in [-0.15, -0.1) is 0 Å². The highest BCUT2D eigenvalue weighted by Crippen LogP contribution is 1.92. The van der Waals surface area contributed by atoms with Gasteiger partial charge in [0.2, 0.25) is 0 Å². The molecular formula is C5H8O4S. The van der Waals surface area contributed by atoms with Crippen LogP contribution in [0, 0.1) is 0 Å². The van der Waals surface area contributed by atoms with Gasteiger partial charge in [-0.1, -0.05) is 12.2 Å². The van der Waals surface area contributed by atoms with E-state index in [0.29, 0.717) is 5.57 Å². The Morgan fingerprint density at radius 2 is 2.20 bits per heavy atom. The highest BCUT2D eigenvalue weighted by molar-refractivity contribution is 7.81. The van der Waals surface area contributed by atoms with Gasteiger partial charge in [-0.3, -0.25) is 4.55 Å². The summed E-state index contributed by atoms with van der Waals surface area (Å²) in [6.07, 6.45) is 2.16. The van der Waals surface area contributed by atoms with Crippen LogP contribution in [0.1, 0.15) is 6.92 Å². The third-order valence-electron chi connectivity index (χ3n) is 0.530. The van der Waals surface area contributed by atoms with Crippen LogP contribution < -0.4 is 0 Å². The molecule has 0 bridgehead atoms. The zero-order chi connectivity index (χ0) is 8.20. The van der Waals surface area contributed by atoms with Crippen molar-refractivity contribution < 1.29 is 17.2 Å². The summed E-state index contributed by atoms with van der Waals surface area (Å²) >= 11 is 0. The lowest BCUT2D eigenvalue weighted by Crippen LogP contribution is -1.96. The molecule has 0 unspecified atom stereocenters. The highest BCUT2D eigenvalue weighted by atomic mass is 32.3. The van der Waals surface area contributed by atoms with E-state index in [4.69, 9.17) is 4.55 Å². The van der Waals surface area contributed by atoms with Gasteiger partial charge < -0.3 is 4.18 Å². The van der Waals surface area contributed by atoms with Crippen molar-refractivity contribution in [2.75, 3.05) is 0 Å². The zero-order valence-electron chi connectivity index (χ0n) is 5.44. The van der Waals surface area contributed by atoms with Gasteiger partial charge in [-0.25, -0.2) is 0 Å². The van der Waals surface area contributed by atoms with Crippen molar-refractivity contribution in [2.24, 2.45) is 0 Å². The van der Waals surface area contributed by atoms with Crippen LogP contribution in [0.4, 0.5) is 0 Å². The van der Waals surface area contributed by atoms with Crippen molar-refractivity contribution in [3.63, 3.8) is 0 Å². The fourth-order valence-electron chi connectivity index (χ4n) is 0.214. The summed E-state index contributed by atoms with van der Waals surface area (Å²) in [5.74, 6) is 0. The molecule has 5 heteroatoms. The first-order chi connectivity index (χ1) is 4.42. The summed E-state index contributed by atoms with van der Waals surface area (Å²) < 4.78 is 31.6. The van der Waals surface area contributed by atoms with Crippen molar-refractivity contribution in [1.82, 2.24) is 0 Å². The summed E-state index contributed by atoms with van der Waals surface area (Å²) in [6.45, 7) is 5.09. The van der Waals surface area contributed by atoms with E-state index < -0.39 is 10.4 Å². The van der Waals surface area contributed by atoms with E-state index in [9.17, 15) is 8.42 Å². The van der Waals surface area contributed by atoms with Gasteiger partial charge in [0.05, 0.1) is 0 Å². The summed E-state index contributed by atoms with van der Waals surface area (Å²) in [5, 5.41) is 0. The quantitative estimate of drug-likeness (QED) is 0.382. The van der Waals surface area contributed by atoms with Crippen LogP contribution >= 0.6 is 0 Å². The summed E-state index contributed by atoms with van der Waals surface area (Å²) in [7, 11) is -4.35. The summed E-state index contributed by atoms with van der Waals surface area (Å²) in [6, 6.07) is 0. The average molecular weight is 164 g/mol. The maximum atomic E-state index is 9.87. The summed E-state index contributed by atoms with van der Waals surface area (Å²) in [4.78, 5) is 0. The van der Waals surface area contributed by atoms with Gasteiger partial charge in [0, 0.05) is 0 Å². The van der Waals surface area contributed by atoms with Gasteiger partial charge in [0.1, 0.15) is 6.26 Å². The molecule has 0 aliphatic rings. The monoisotopic (exact) mass is 164 g/mol. The van der Waals surface area contributed by atoms with Gasteiger partial charge in [-0.05, 0) is 13.0 Å². The molecule has 0 aromatic carbocycles. The molecule has 0 rings (SSSR count). The van der Waals surface area contributed by atoms with Gasteiger partial charge in [0.25, 0.3) is 0 Å². The third kappa shape index (κ3) is 7.19. The first-order valence-corrected chi connectivity index (χ1v) is 3.76.